The molecule has 1 heterocycles. The fraction of sp³-hybridized carbons (Fsp3) is 0. The third kappa shape index (κ3) is 1.07. The van der Waals surface area contributed by atoms with Crippen LogP contribution in [0.1, 0.15) is 0 Å². The second kappa shape index (κ2) is 2.73. The monoisotopic (exact) mass is 163 g/mol. The topological polar surface area (TPSA) is 38.9 Å². The lowest BCUT2D eigenvalue weighted by atomic mass is 10.2. The lowest BCUT2D eigenvalue weighted by Gasteiger charge is -1.91. The van der Waals surface area contributed by atoms with Crippen LogP contribution in [0.3, 0.4) is 0 Å². The molecule has 4 heteroatoms. The first-order valence-electron chi connectivity index (χ1n) is 3.41. The summed E-state index contributed by atoms with van der Waals surface area (Å²) >= 11 is 0. The zero-order valence-corrected chi connectivity index (χ0v) is 6.07. The number of aromatic nitrogens is 2. The molecule has 0 fully saturated rings. The molecule has 2 rings (SSSR count). The van der Waals surface area contributed by atoms with Crippen molar-refractivity contribution in [2.24, 2.45) is 0 Å². The Hall–Kier alpha value is -1.71. The van der Waals surface area contributed by atoms with E-state index in [2.05, 4.69) is 14.9 Å². The number of halogens is 1. The molecule has 1 aromatic heterocycles. The van der Waals surface area contributed by atoms with E-state index in [1.54, 1.807) is 24.3 Å². The van der Waals surface area contributed by atoms with Gasteiger partial charge in [0.2, 0.25) is 0 Å². The van der Waals surface area contributed by atoms with Crippen molar-refractivity contribution < 1.29 is 8.91 Å². The Bertz CT molecular complexity index is 372. The van der Waals surface area contributed by atoms with Gasteiger partial charge in [0.15, 0.2) is 5.69 Å². The minimum Gasteiger partial charge on any atom is -0.305 e. The van der Waals surface area contributed by atoms with Gasteiger partial charge < -0.3 is 4.52 Å². The molecule has 0 N–H and O–H groups in total. The van der Waals surface area contributed by atoms with Gasteiger partial charge in [-0.3, -0.25) is 0 Å². The molecule has 3 nitrogen and oxygen atoms in total. The van der Waals surface area contributed by atoms with Gasteiger partial charge in [0.1, 0.15) is 0 Å². The molecule has 0 aliphatic rings. The highest BCUT2D eigenvalue weighted by atomic mass is 18.2. The minimum atomic E-state index is -0.749. The Morgan fingerprint density at radius 2 is 1.92 bits per heavy atom. The largest absolute Gasteiger partial charge is 0.334 e. The molecule has 0 saturated carbocycles. The first-order valence-corrected chi connectivity index (χ1v) is 3.41. The van der Waals surface area contributed by atoms with Crippen LogP contribution < -0.4 is 0 Å². The lowest BCUT2D eigenvalue weighted by molar-refractivity contribution is 0.273. The highest BCUT2D eigenvalue weighted by molar-refractivity contribution is 5.57. The van der Waals surface area contributed by atoms with Crippen LogP contribution in [0.25, 0.3) is 11.3 Å². The van der Waals surface area contributed by atoms with Crippen molar-refractivity contribution in [1.82, 2.24) is 10.4 Å². The standard InChI is InChI=1S/C8H5FN2O/c9-8-7(10-11-12-8)6-4-2-1-3-5-6/h1-5H/i9-1. The van der Waals surface area contributed by atoms with Gasteiger partial charge in [-0.1, -0.05) is 30.3 Å². The molecule has 0 bridgehead atoms. The second-order valence-electron chi connectivity index (χ2n) is 2.26. The maximum atomic E-state index is 12.7. The van der Waals surface area contributed by atoms with Gasteiger partial charge >= 0.3 is 6.01 Å². The van der Waals surface area contributed by atoms with E-state index in [9.17, 15) is 4.39 Å². The van der Waals surface area contributed by atoms with Gasteiger partial charge in [-0.15, -0.1) is 5.10 Å². The van der Waals surface area contributed by atoms with Gasteiger partial charge in [0.05, 0.1) is 0 Å². The molecule has 0 aliphatic carbocycles. The van der Waals surface area contributed by atoms with Gasteiger partial charge in [-0.2, -0.15) is 4.39 Å². The smallest absolute Gasteiger partial charge is 0.305 e. The molecule has 0 saturated heterocycles. The van der Waals surface area contributed by atoms with Crippen molar-refractivity contribution in [3.8, 4) is 11.3 Å². The van der Waals surface area contributed by atoms with Crippen molar-refractivity contribution in [2.75, 3.05) is 0 Å². The fourth-order valence-corrected chi connectivity index (χ4v) is 0.947. The average molecular weight is 163 g/mol. The Morgan fingerprint density at radius 3 is 2.50 bits per heavy atom. The third-order valence-corrected chi connectivity index (χ3v) is 1.50. The first kappa shape index (κ1) is 6.97. The third-order valence-electron chi connectivity index (χ3n) is 1.50. The number of benzene rings is 1. The molecule has 0 radical (unpaired) electrons. The van der Waals surface area contributed by atoms with E-state index >= 15 is 0 Å². The minimum absolute atomic E-state index is 0.149. The summed E-state index contributed by atoms with van der Waals surface area (Å²) in [5, 5.41) is 6.59. The van der Waals surface area contributed by atoms with Gasteiger partial charge in [-0.05, 0) is 0 Å². The summed E-state index contributed by atoms with van der Waals surface area (Å²) in [4.78, 5) is 0. The van der Waals surface area contributed by atoms with E-state index < -0.39 is 6.01 Å². The van der Waals surface area contributed by atoms with Crippen LogP contribution in [0.15, 0.2) is 34.9 Å². The molecule has 0 atom stereocenters. The number of nitrogens with zero attached hydrogens (tertiary/aromatic N) is 2. The van der Waals surface area contributed by atoms with Crippen LogP contribution in [0.4, 0.5) is 4.39 Å². The zero-order valence-electron chi connectivity index (χ0n) is 6.07. The fourth-order valence-electron chi connectivity index (χ4n) is 0.947. The quantitative estimate of drug-likeness (QED) is 0.644. The van der Waals surface area contributed by atoms with Crippen molar-refractivity contribution in [3.05, 3.63) is 36.3 Å². The van der Waals surface area contributed by atoms with Crippen LogP contribution >= 0.6 is 0 Å². The molecule has 1 aromatic carbocycles. The van der Waals surface area contributed by atoms with E-state index in [0.29, 0.717) is 5.56 Å². The Kier molecular flexibility index (Phi) is 1.59. The second-order valence-corrected chi connectivity index (χ2v) is 2.26. The van der Waals surface area contributed by atoms with Gasteiger partial charge in [0.25, 0.3) is 0 Å². The molecule has 12 heavy (non-hydrogen) atoms. The summed E-state index contributed by atoms with van der Waals surface area (Å²) < 4.78 is 16.9. The average Bonchev–Trinajstić information content (AvgIpc) is 2.53. The van der Waals surface area contributed by atoms with Gasteiger partial charge in [-0.25, -0.2) is 0 Å². The summed E-state index contributed by atoms with van der Waals surface area (Å²) in [5.74, 6) is 0. The molecule has 0 unspecified atom stereocenters. The number of hydrogen-bond donors (Lipinski definition) is 0. The van der Waals surface area contributed by atoms with Crippen molar-refractivity contribution >= 4 is 0 Å². The molecule has 0 amide bonds. The lowest BCUT2D eigenvalue weighted by Crippen LogP contribution is -1.79. The van der Waals surface area contributed by atoms with Crippen molar-refractivity contribution in [2.45, 2.75) is 0 Å². The van der Waals surface area contributed by atoms with Crippen LogP contribution in [-0.4, -0.2) is 10.4 Å². The van der Waals surface area contributed by atoms with E-state index in [1.807, 2.05) is 6.07 Å². The molecule has 0 spiro atoms. The van der Waals surface area contributed by atoms with Crippen molar-refractivity contribution in [1.29, 1.82) is 0 Å². The molecule has 0 aliphatic heterocycles. The first-order chi connectivity index (χ1) is 5.88. The summed E-state index contributed by atoms with van der Waals surface area (Å²) in [7, 11) is 0. The predicted octanol–water partition coefficient (Wildman–Crippen LogP) is 1.88. The Labute approximate surface area is 67.8 Å². The maximum Gasteiger partial charge on any atom is 0.334 e. The molecule has 60 valence electrons. The zero-order chi connectivity index (χ0) is 8.39. The summed E-state index contributed by atoms with van der Waals surface area (Å²) in [6, 6.07) is 8.16. The van der Waals surface area contributed by atoms with Crippen LogP contribution in [-0.2, 0) is 0 Å². The molecule has 2 aromatic rings. The highest BCUT2D eigenvalue weighted by Crippen LogP contribution is 2.18. The van der Waals surface area contributed by atoms with Gasteiger partial charge in [0, 0.05) is 10.8 Å². The predicted molar refractivity (Wildman–Crippen MR) is 39.7 cm³/mol. The summed E-state index contributed by atoms with van der Waals surface area (Å²) in [6.45, 7) is 0. The SMILES string of the molecule is [18F]c1onnc1-c1ccccc1. The van der Waals surface area contributed by atoms with Crippen molar-refractivity contribution in [3.63, 3.8) is 0 Å². The Morgan fingerprint density at radius 1 is 1.17 bits per heavy atom. The Balaban J connectivity index is 2.51. The summed E-state index contributed by atoms with van der Waals surface area (Å²) in [5.41, 5.74) is 0.812. The molecular weight excluding hydrogens is 158 g/mol. The van der Waals surface area contributed by atoms with E-state index in [4.69, 9.17) is 0 Å². The van der Waals surface area contributed by atoms with Crippen LogP contribution in [0.2, 0.25) is 0 Å². The number of rotatable bonds is 1. The van der Waals surface area contributed by atoms with Crippen LogP contribution in [0, 0.1) is 6.01 Å². The number of hydrogen-bond acceptors (Lipinski definition) is 3. The van der Waals surface area contributed by atoms with E-state index in [1.165, 1.54) is 0 Å². The summed E-state index contributed by atoms with van der Waals surface area (Å²) in [6.07, 6.45) is 0. The van der Waals surface area contributed by atoms with E-state index in [0.717, 1.165) is 0 Å². The van der Waals surface area contributed by atoms with Crippen LogP contribution in [0.5, 0.6) is 0 Å². The molecular formula is C8H5FN2O. The maximum absolute atomic E-state index is 12.7. The van der Waals surface area contributed by atoms with E-state index in [-0.39, 0.29) is 5.69 Å². The highest BCUT2D eigenvalue weighted by Gasteiger charge is 2.09. The normalized spacial score (nSPS) is 10.1.